The number of aromatic nitrogens is 1. The molecule has 0 saturated carbocycles. The lowest BCUT2D eigenvalue weighted by Crippen LogP contribution is -2.12. The predicted octanol–water partition coefficient (Wildman–Crippen LogP) is 4.59. The molecule has 2 aromatic carbocycles. The molecule has 6 nitrogen and oxygen atoms in total. The Morgan fingerprint density at radius 2 is 2.00 bits per heavy atom. The van der Waals surface area contributed by atoms with Crippen LogP contribution in [0.1, 0.15) is 20.9 Å². The highest BCUT2D eigenvalue weighted by Crippen LogP contribution is 2.25. The van der Waals surface area contributed by atoms with Gasteiger partial charge in [0.25, 0.3) is 11.6 Å². The van der Waals surface area contributed by atoms with Gasteiger partial charge in [-0.2, -0.15) is 0 Å². The number of thiazole rings is 1. The zero-order chi connectivity index (χ0) is 18.0. The van der Waals surface area contributed by atoms with E-state index in [1.54, 1.807) is 36.5 Å². The summed E-state index contributed by atoms with van der Waals surface area (Å²) in [6, 6.07) is 11.8. The first kappa shape index (κ1) is 16.8. The Hall–Kier alpha value is -3.06. The highest BCUT2D eigenvalue weighted by atomic mass is 32.1. The van der Waals surface area contributed by atoms with E-state index in [-0.39, 0.29) is 11.3 Å². The number of anilines is 1. The summed E-state index contributed by atoms with van der Waals surface area (Å²) in [4.78, 5) is 27.4. The quantitative estimate of drug-likeness (QED) is 0.549. The van der Waals surface area contributed by atoms with E-state index in [0.29, 0.717) is 11.3 Å². The monoisotopic (exact) mass is 353 g/mol. The van der Waals surface area contributed by atoms with Crippen LogP contribution in [-0.2, 0) is 0 Å². The molecule has 1 heterocycles. The average Bonchev–Trinajstić information content (AvgIpc) is 3.01. The molecule has 0 spiro atoms. The van der Waals surface area contributed by atoms with Crippen LogP contribution in [0.25, 0.3) is 11.3 Å². The molecule has 0 radical (unpaired) electrons. The molecular weight excluding hydrogens is 338 g/mol. The lowest BCUT2D eigenvalue weighted by atomic mass is 10.1. The number of benzene rings is 2. The summed E-state index contributed by atoms with van der Waals surface area (Å²) < 4.78 is 0. The molecule has 0 bridgehead atoms. The van der Waals surface area contributed by atoms with Crippen molar-refractivity contribution < 1.29 is 9.72 Å². The van der Waals surface area contributed by atoms with Gasteiger partial charge in [-0.1, -0.05) is 18.2 Å². The van der Waals surface area contributed by atoms with Gasteiger partial charge in [-0.3, -0.25) is 14.9 Å². The summed E-state index contributed by atoms with van der Waals surface area (Å²) in [6.45, 7) is 3.57. The molecule has 3 aromatic rings. The van der Waals surface area contributed by atoms with Crippen LogP contribution >= 0.6 is 11.3 Å². The van der Waals surface area contributed by atoms with Crippen LogP contribution in [0.5, 0.6) is 0 Å². The maximum atomic E-state index is 12.4. The van der Waals surface area contributed by atoms with Gasteiger partial charge in [-0.05, 0) is 32.0 Å². The van der Waals surface area contributed by atoms with E-state index in [1.165, 1.54) is 6.07 Å². The molecule has 0 saturated heterocycles. The number of nitro groups is 1. The SMILES string of the molecule is Cc1nc(-c2cccc(NC(=O)c3ccc(C)c([N+](=O)[O-])c3)c2)cs1. The molecule has 0 unspecified atom stereocenters. The Morgan fingerprint density at radius 3 is 2.68 bits per heavy atom. The van der Waals surface area contributed by atoms with E-state index >= 15 is 0 Å². The summed E-state index contributed by atoms with van der Waals surface area (Å²) in [5, 5.41) is 16.7. The van der Waals surface area contributed by atoms with Gasteiger partial charge in [-0.15, -0.1) is 11.3 Å². The molecule has 1 amide bonds. The Kier molecular flexibility index (Phi) is 4.58. The van der Waals surface area contributed by atoms with Crippen molar-refractivity contribution in [3.05, 3.63) is 74.1 Å². The Balaban J connectivity index is 1.84. The van der Waals surface area contributed by atoms with Gasteiger partial charge in [0.15, 0.2) is 0 Å². The molecule has 7 heteroatoms. The molecule has 0 aliphatic heterocycles. The van der Waals surface area contributed by atoms with Gasteiger partial charge in [0.1, 0.15) is 0 Å². The number of nitro benzene ring substituents is 1. The number of carbonyl (C=O) groups excluding carboxylic acids is 1. The van der Waals surface area contributed by atoms with Gasteiger partial charge >= 0.3 is 0 Å². The number of hydrogen-bond acceptors (Lipinski definition) is 5. The van der Waals surface area contributed by atoms with Crippen molar-refractivity contribution in [2.75, 3.05) is 5.32 Å². The van der Waals surface area contributed by atoms with E-state index in [1.807, 2.05) is 30.5 Å². The van der Waals surface area contributed by atoms with Gasteiger partial charge in [0.05, 0.1) is 15.6 Å². The van der Waals surface area contributed by atoms with Crippen LogP contribution < -0.4 is 5.32 Å². The van der Waals surface area contributed by atoms with Crippen LogP contribution in [0.15, 0.2) is 47.8 Å². The number of aryl methyl sites for hydroxylation is 2. The van der Waals surface area contributed by atoms with Crippen molar-refractivity contribution in [3.8, 4) is 11.3 Å². The van der Waals surface area contributed by atoms with Crippen LogP contribution in [0, 0.1) is 24.0 Å². The molecular formula is C18H15N3O3S. The maximum absolute atomic E-state index is 12.4. The first-order valence-corrected chi connectivity index (χ1v) is 8.41. The van der Waals surface area contributed by atoms with E-state index in [9.17, 15) is 14.9 Å². The van der Waals surface area contributed by atoms with E-state index in [0.717, 1.165) is 16.3 Å². The molecule has 0 aliphatic carbocycles. The van der Waals surface area contributed by atoms with Crippen LogP contribution in [-0.4, -0.2) is 15.8 Å². The summed E-state index contributed by atoms with van der Waals surface area (Å²) >= 11 is 1.56. The van der Waals surface area contributed by atoms with Gasteiger partial charge in [0, 0.05) is 33.8 Å². The van der Waals surface area contributed by atoms with E-state index in [2.05, 4.69) is 10.3 Å². The topological polar surface area (TPSA) is 85.1 Å². The number of carbonyl (C=O) groups is 1. The molecule has 25 heavy (non-hydrogen) atoms. The maximum Gasteiger partial charge on any atom is 0.273 e. The highest BCUT2D eigenvalue weighted by Gasteiger charge is 2.15. The number of nitrogens with one attached hydrogen (secondary N) is 1. The third kappa shape index (κ3) is 3.72. The van der Waals surface area contributed by atoms with Crippen molar-refractivity contribution in [2.45, 2.75) is 13.8 Å². The molecule has 0 aliphatic rings. The Bertz CT molecular complexity index is 966. The van der Waals surface area contributed by atoms with Crippen LogP contribution in [0.2, 0.25) is 0 Å². The molecule has 0 atom stereocenters. The fourth-order valence-corrected chi connectivity index (χ4v) is 3.02. The van der Waals surface area contributed by atoms with Crippen molar-refractivity contribution >= 4 is 28.6 Å². The van der Waals surface area contributed by atoms with Gasteiger partial charge < -0.3 is 5.32 Å². The zero-order valence-electron chi connectivity index (χ0n) is 13.6. The third-order valence-electron chi connectivity index (χ3n) is 3.70. The Morgan fingerprint density at radius 1 is 1.20 bits per heavy atom. The first-order chi connectivity index (χ1) is 11.9. The van der Waals surface area contributed by atoms with E-state index < -0.39 is 10.8 Å². The molecule has 126 valence electrons. The smallest absolute Gasteiger partial charge is 0.273 e. The van der Waals surface area contributed by atoms with Gasteiger partial charge in [0.2, 0.25) is 0 Å². The van der Waals surface area contributed by atoms with Crippen molar-refractivity contribution in [1.29, 1.82) is 0 Å². The number of hydrogen-bond donors (Lipinski definition) is 1. The lowest BCUT2D eigenvalue weighted by molar-refractivity contribution is -0.385. The second-order valence-corrected chi connectivity index (χ2v) is 6.61. The van der Waals surface area contributed by atoms with E-state index in [4.69, 9.17) is 0 Å². The average molecular weight is 353 g/mol. The Labute approximate surface area is 148 Å². The molecule has 0 fully saturated rings. The summed E-state index contributed by atoms with van der Waals surface area (Å²) in [5.74, 6) is -0.394. The van der Waals surface area contributed by atoms with Crippen LogP contribution in [0.4, 0.5) is 11.4 Å². The fraction of sp³-hybridized carbons (Fsp3) is 0.111. The zero-order valence-corrected chi connectivity index (χ0v) is 14.5. The standard InChI is InChI=1S/C18H15N3O3S/c1-11-6-7-14(9-17(11)21(23)24)18(22)20-15-5-3-4-13(8-15)16-10-25-12(2)19-16/h3-10H,1-2H3,(H,20,22). The largest absolute Gasteiger partial charge is 0.322 e. The number of amides is 1. The van der Waals surface area contributed by atoms with Crippen molar-refractivity contribution in [3.63, 3.8) is 0 Å². The fourth-order valence-electron chi connectivity index (χ4n) is 2.40. The minimum absolute atomic E-state index is 0.0700. The second kappa shape index (κ2) is 6.82. The summed E-state index contributed by atoms with van der Waals surface area (Å²) in [6.07, 6.45) is 0. The first-order valence-electron chi connectivity index (χ1n) is 7.53. The minimum Gasteiger partial charge on any atom is -0.322 e. The second-order valence-electron chi connectivity index (χ2n) is 5.55. The highest BCUT2D eigenvalue weighted by molar-refractivity contribution is 7.09. The number of nitrogens with zero attached hydrogens (tertiary/aromatic N) is 2. The van der Waals surface area contributed by atoms with Crippen molar-refractivity contribution in [2.24, 2.45) is 0 Å². The normalized spacial score (nSPS) is 10.5. The van der Waals surface area contributed by atoms with Crippen LogP contribution in [0.3, 0.4) is 0 Å². The summed E-state index contributed by atoms with van der Waals surface area (Å²) in [5.41, 5.74) is 3.05. The van der Waals surface area contributed by atoms with Crippen molar-refractivity contribution in [1.82, 2.24) is 4.98 Å². The summed E-state index contributed by atoms with van der Waals surface area (Å²) in [7, 11) is 0. The molecule has 1 aromatic heterocycles. The minimum atomic E-state index is -0.489. The van der Waals surface area contributed by atoms with Gasteiger partial charge in [-0.25, -0.2) is 4.98 Å². The molecule has 1 N–H and O–H groups in total. The molecule has 3 rings (SSSR count). The third-order valence-corrected chi connectivity index (χ3v) is 4.48. The lowest BCUT2D eigenvalue weighted by Gasteiger charge is -2.07. The number of rotatable bonds is 4. The predicted molar refractivity (Wildman–Crippen MR) is 98.1 cm³/mol.